The molecule has 3 rings (SSSR count). The number of thiazole rings is 1. The van der Waals surface area contributed by atoms with Gasteiger partial charge in [-0.3, -0.25) is 0 Å². The second-order valence-corrected chi connectivity index (χ2v) is 8.26. The van der Waals surface area contributed by atoms with E-state index in [1.54, 1.807) is 0 Å². The molecule has 1 N–H and O–H groups in total. The van der Waals surface area contributed by atoms with Gasteiger partial charge in [-0.15, -0.1) is 11.3 Å². The van der Waals surface area contributed by atoms with Crippen LogP contribution in [-0.4, -0.2) is 16.1 Å². The Bertz CT molecular complexity index is 1080. The van der Waals surface area contributed by atoms with Crippen molar-refractivity contribution < 1.29 is 32.2 Å². The fourth-order valence-electron chi connectivity index (χ4n) is 3.04. The number of hydrogen-bond donors (Lipinski definition) is 1. The smallest absolute Gasteiger partial charge is 0.416 e. The van der Waals surface area contributed by atoms with Crippen LogP contribution < -0.4 is 0 Å². The summed E-state index contributed by atoms with van der Waals surface area (Å²) in [4.78, 5) is 16.4. The first-order chi connectivity index (χ1) is 15.2. The number of aryl methyl sites for hydroxylation is 1. The zero-order valence-corrected chi connectivity index (χ0v) is 18.0. The Hall–Kier alpha value is -2.78. The van der Waals surface area contributed by atoms with E-state index in [-0.39, 0.29) is 13.2 Å². The van der Waals surface area contributed by atoms with Crippen LogP contribution in [0.5, 0.6) is 0 Å². The number of aromatic nitrogens is 1. The van der Waals surface area contributed by atoms with Crippen molar-refractivity contribution in [3.05, 3.63) is 75.5 Å². The number of ether oxygens (including phenoxy) is 1. The van der Waals surface area contributed by atoms with E-state index in [0.29, 0.717) is 22.6 Å². The molecule has 32 heavy (non-hydrogen) atoms. The average molecular weight is 467 g/mol. The molecule has 170 valence electrons. The molecular weight excluding hydrogens is 446 g/mol. The van der Waals surface area contributed by atoms with Crippen molar-refractivity contribution in [2.45, 2.75) is 45.6 Å². The van der Waals surface area contributed by atoms with Crippen molar-refractivity contribution in [3.63, 3.8) is 0 Å². The highest BCUT2D eigenvalue weighted by molar-refractivity contribution is 7.15. The third kappa shape index (κ3) is 5.92. The number of unbranched alkanes of at least 4 members (excludes halogenated alkanes) is 1. The molecule has 0 aliphatic heterocycles. The summed E-state index contributed by atoms with van der Waals surface area (Å²) in [5.74, 6) is -2.17. The maximum Gasteiger partial charge on any atom is 0.416 e. The van der Waals surface area contributed by atoms with E-state index in [2.05, 4.69) is 11.9 Å². The lowest BCUT2D eigenvalue weighted by Crippen LogP contribution is -2.03. The van der Waals surface area contributed by atoms with Gasteiger partial charge in [0.05, 0.1) is 34.9 Å². The minimum Gasteiger partial charge on any atom is -0.478 e. The summed E-state index contributed by atoms with van der Waals surface area (Å²) in [6.45, 7) is 2.34. The molecule has 2 aromatic carbocycles. The fourth-order valence-corrected chi connectivity index (χ4v) is 4.10. The van der Waals surface area contributed by atoms with Gasteiger partial charge < -0.3 is 9.84 Å². The van der Waals surface area contributed by atoms with Crippen molar-refractivity contribution in [1.29, 1.82) is 0 Å². The zero-order chi connectivity index (χ0) is 23.3. The minimum atomic E-state index is -4.39. The molecule has 3 aromatic rings. The van der Waals surface area contributed by atoms with Crippen LogP contribution >= 0.6 is 11.3 Å². The van der Waals surface area contributed by atoms with Crippen molar-refractivity contribution >= 4 is 17.3 Å². The SMILES string of the molecule is CCCCc1nc(-c2ccc(C(F)(F)F)cc2)sc1COCc1ccc(C(=O)O)c(F)c1. The van der Waals surface area contributed by atoms with Crippen molar-refractivity contribution in [2.24, 2.45) is 0 Å². The van der Waals surface area contributed by atoms with Gasteiger partial charge >= 0.3 is 12.1 Å². The van der Waals surface area contributed by atoms with Gasteiger partial charge in [-0.25, -0.2) is 14.2 Å². The van der Waals surface area contributed by atoms with Gasteiger partial charge in [0.2, 0.25) is 0 Å². The molecule has 0 unspecified atom stereocenters. The van der Waals surface area contributed by atoms with Crippen LogP contribution in [0.4, 0.5) is 17.6 Å². The lowest BCUT2D eigenvalue weighted by molar-refractivity contribution is -0.137. The van der Waals surface area contributed by atoms with Gasteiger partial charge in [-0.2, -0.15) is 13.2 Å². The molecule has 0 saturated carbocycles. The predicted molar refractivity (Wildman–Crippen MR) is 113 cm³/mol. The number of alkyl halides is 3. The standard InChI is InChI=1S/C23H21F4NO3S/c1-2-3-4-19-20(13-31-12-14-5-10-17(22(29)30)18(24)11-14)32-21(28-19)15-6-8-16(9-7-15)23(25,26)27/h5-11H,2-4,12-13H2,1H3,(H,29,30). The van der Waals surface area contributed by atoms with Crippen LogP contribution in [0.1, 0.15) is 51.8 Å². The van der Waals surface area contributed by atoms with E-state index in [1.165, 1.54) is 35.6 Å². The quantitative estimate of drug-likeness (QED) is 0.355. The third-order valence-electron chi connectivity index (χ3n) is 4.77. The number of nitrogens with zero attached hydrogens (tertiary/aromatic N) is 1. The monoisotopic (exact) mass is 467 g/mol. The lowest BCUT2D eigenvalue weighted by Gasteiger charge is -2.06. The minimum absolute atomic E-state index is 0.0809. The molecule has 9 heteroatoms. The molecule has 0 atom stereocenters. The van der Waals surface area contributed by atoms with Crippen LogP contribution in [0.3, 0.4) is 0 Å². The maximum atomic E-state index is 13.8. The van der Waals surface area contributed by atoms with Gasteiger partial charge in [0.1, 0.15) is 10.8 Å². The first-order valence-corrected chi connectivity index (χ1v) is 10.8. The van der Waals surface area contributed by atoms with Gasteiger partial charge in [0, 0.05) is 5.56 Å². The Morgan fingerprint density at radius 3 is 2.44 bits per heavy atom. The van der Waals surface area contributed by atoms with E-state index >= 15 is 0 Å². The van der Waals surface area contributed by atoms with Crippen LogP contribution in [-0.2, 0) is 30.5 Å². The summed E-state index contributed by atoms with van der Waals surface area (Å²) < 4.78 is 58.0. The number of carboxylic acids is 1. The van der Waals surface area contributed by atoms with E-state index in [0.717, 1.165) is 41.6 Å². The van der Waals surface area contributed by atoms with Crippen molar-refractivity contribution in [1.82, 2.24) is 4.98 Å². The van der Waals surface area contributed by atoms with Gasteiger partial charge in [-0.1, -0.05) is 31.5 Å². The van der Waals surface area contributed by atoms with E-state index < -0.39 is 29.1 Å². The molecule has 0 amide bonds. The molecule has 0 aliphatic carbocycles. The Labute approximate surface area is 186 Å². The molecule has 0 radical (unpaired) electrons. The number of carboxylic acid groups (broad SMARTS) is 1. The predicted octanol–water partition coefficient (Wildman–Crippen LogP) is 6.73. The molecule has 1 heterocycles. The second-order valence-electron chi connectivity index (χ2n) is 7.18. The Morgan fingerprint density at radius 2 is 1.84 bits per heavy atom. The fraction of sp³-hybridized carbons (Fsp3) is 0.304. The number of benzene rings is 2. The Kier molecular flexibility index (Phi) is 7.63. The van der Waals surface area contributed by atoms with Gasteiger partial charge in [-0.05, 0) is 42.7 Å². The van der Waals surface area contributed by atoms with E-state index in [9.17, 15) is 22.4 Å². The number of rotatable bonds is 9. The summed E-state index contributed by atoms with van der Waals surface area (Å²) >= 11 is 1.35. The highest BCUT2D eigenvalue weighted by Crippen LogP contribution is 2.33. The lowest BCUT2D eigenvalue weighted by atomic mass is 10.1. The Balaban J connectivity index is 1.73. The maximum absolute atomic E-state index is 13.8. The van der Waals surface area contributed by atoms with Gasteiger partial charge in [0.15, 0.2) is 0 Å². The Morgan fingerprint density at radius 1 is 1.12 bits per heavy atom. The van der Waals surface area contributed by atoms with E-state index in [4.69, 9.17) is 9.84 Å². The normalized spacial score (nSPS) is 11.7. The third-order valence-corrected chi connectivity index (χ3v) is 5.89. The topological polar surface area (TPSA) is 59.4 Å². The number of carbonyl (C=O) groups is 1. The molecule has 4 nitrogen and oxygen atoms in total. The molecule has 0 saturated heterocycles. The number of hydrogen-bond acceptors (Lipinski definition) is 4. The summed E-state index contributed by atoms with van der Waals surface area (Å²) in [7, 11) is 0. The van der Waals surface area contributed by atoms with Crippen LogP contribution in [0.2, 0.25) is 0 Å². The van der Waals surface area contributed by atoms with Crippen LogP contribution in [0.15, 0.2) is 42.5 Å². The molecule has 1 aromatic heterocycles. The van der Waals surface area contributed by atoms with Crippen molar-refractivity contribution in [2.75, 3.05) is 0 Å². The summed E-state index contributed by atoms with van der Waals surface area (Å²) in [6.07, 6.45) is -1.81. The summed E-state index contributed by atoms with van der Waals surface area (Å²) in [5, 5.41) is 9.51. The summed E-state index contributed by atoms with van der Waals surface area (Å²) in [5.41, 5.74) is 0.806. The molecule has 0 bridgehead atoms. The largest absolute Gasteiger partial charge is 0.478 e. The first-order valence-electron chi connectivity index (χ1n) is 9.94. The van der Waals surface area contributed by atoms with Gasteiger partial charge in [0.25, 0.3) is 0 Å². The molecule has 0 aliphatic rings. The molecule has 0 spiro atoms. The molecule has 0 fully saturated rings. The highest BCUT2D eigenvalue weighted by atomic mass is 32.1. The van der Waals surface area contributed by atoms with Crippen LogP contribution in [0.25, 0.3) is 10.6 Å². The van der Waals surface area contributed by atoms with Crippen LogP contribution in [0, 0.1) is 5.82 Å². The highest BCUT2D eigenvalue weighted by Gasteiger charge is 2.30. The first kappa shape index (κ1) is 23.9. The number of aromatic carboxylic acids is 1. The molecular formula is C23H21F4NO3S. The van der Waals surface area contributed by atoms with Crippen molar-refractivity contribution in [3.8, 4) is 10.6 Å². The zero-order valence-electron chi connectivity index (χ0n) is 17.2. The van der Waals surface area contributed by atoms with E-state index in [1.807, 2.05) is 0 Å². The average Bonchev–Trinajstić information content (AvgIpc) is 3.14. The second kappa shape index (κ2) is 10.2. The number of halogens is 4. The summed E-state index contributed by atoms with van der Waals surface area (Å²) in [6, 6.07) is 8.69.